The van der Waals surface area contributed by atoms with Gasteiger partial charge < -0.3 is 5.73 Å². The fourth-order valence-corrected chi connectivity index (χ4v) is 2.25. The minimum atomic E-state index is 0.110. The Balaban J connectivity index is 2.06. The highest BCUT2D eigenvalue weighted by Crippen LogP contribution is 2.23. The van der Waals surface area contributed by atoms with Crippen molar-refractivity contribution in [3.05, 3.63) is 34.9 Å². The SMILES string of the molecule is CC(N)CCC(=O)c1ccc2c(c1)CCC2. The first-order valence-electron chi connectivity index (χ1n) is 6.07. The maximum atomic E-state index is 11.9. The summed E-state index contributed by atoms with van der Waals surface area (Å²) in [7, 11) is 0. The third-order valence-electron chi connectivity index (χ3n) is 3.25. The second-order valence-electron chi connectivity index (χ2n) is 4.78. The molecule has 2 nitrogen and oxygen atoms in total. The molecule has 0 aromatic heterocycles. The van der Waals surface area contributed by atoms with Gasteiger partial charge in [-0.15, -0.1) is 0 Å². The summed E-state index contributed by atoms with van der Waals surface area (Å²) < 4.78 is 0. The summed E-state index contributed by atoms with van der Waals surface area (Å²) >= 11 is 0. The van der Waals surface area contributed by atoms with E-state index >= 15 is 0 Å². The lowest BCUT2D eigenvalue weighted by molar-refractivity contribution is 0.0978. The Kier molecular flexibility index (Phi) is 3.39. The molecule has 0 fully saturated rings. The second-order valence-corrected chi connectivity index (χ2v) is 4.78. The normalized spacial score (nSPS) is 15.9. The minimum absolute atomic E-state index is 0.110. The van der Waals surface area contributed by atoms with Gasteiger partial charge in [0, 0.05) is 18.0 Å². The van der Waals surface area contributed by atoms with Crippen LogP contribution in [0.3, 0.4) is 0 Å². The van der Waals surface area contributed by atoms with E-state index < -0.39 is 0 Å². The summed E-state index contributed by atoms with van der Waals surface area (Å²) in [4.78, 5) is 11.9. The predicted octanol–water partition coefficient (Wildman–Crippen LogP) is 2.49. The Bertz CT molecular complexity index is 396. The number of fused-ring (bicyclic) bond motifs is 1. The third-order valence-corrected chi connectivity index (χ3v) is 3.25. The average Bonchev–Trinajstić information content (AvgIpc) is 2.72. The number of aryl methyl sites for hydroxylation is 2. The number of Topliss-reactive ketones (excluding diaryl/α,β-unsaturated/α-hetero) is 1. The van der Waals surface area contributed by atoms with Gasteiger partial charge in [0.25, 0.3) is 0 Å². The molecule has 0 bridgehead atoms. The van der Waals surface area contributed by atoms with Crippen LogP contribution in [-0.4, -0.2) is 11.8 Å². The van der Waals surface area contributed by atoms with E-state index in [2.05, 4.69) is 12.1 Å². The molecule has 0 saturated carbocycles. The van der Waals surface area contributed by atoms with E-state index in [4.69, 9.17) is 5.73 Å². The number of benzene rings is 1. The van der Waals surface area contributed by atoms with Gasteiger partial charge >= 0.3 is 0 Å². The van der Waals surface area contributed by atoms with Gasteiger partial charge in [0.1, 0.15) is 0 Å². The van der Waals surface area contributed by atoms with E-state index in [1.54, 1.807) is 0 Å². The van der Waals surface area contributed by atoms with E-state index in [-0.39, 0.29) is 11.8 Å². The number of nitrogens with two attached hydrogens (primary N) is 1. The Hall–Kier alpha value is -1.15. The first-order chi connectivity index (χ1) is 7.66. The maximum Gasteiger partial charge on any atom is 0.162 e. The summed E-state index contributed by atoms with van der Waals surface area (Å²) in [6, 6.07) is 6.26. The van der Waals surface area contributed by atoms with Crippen LogP contribution < -0.4 is 5.73 Å². The first-order valence-corrected chi connectivity index (χ1v) is 6.07. The molecular weight excluding hydrogens is 198 g/mol. The Morgan fingerprint density at radius 2 is 2.12 bits per heavy atom. The standard InChI is InChI=1S/C14H19NO/c1-10(15)5-8-14(16)13-7-6-11-3-2-4-12(11)9-13/h6-7,9-10H,2-5,8,15H2,1H3. The van der Waals surface area contributed by atoms with Crippen LogP contribution in [0.5, 0.6) is 0 Å². The van der Waals surface area contributed by atoms with Crippen LogP contribution in [0.1, 0.15) is 47.7 Å². The van der Waals surface area contributed by atoms with Crippen molar-refractivity contribution in [3.8, 4) is 0 Å². The lowest BCUT2D eigenvalue weighted by Gasteiger charge is -2.06. The Morgan fingerprint density at radius 3 is 2.88 bits per heavy atom. The molecule has 1 unspecified atom stereocenters. The van der Waals surface area contributed by atoms with Gasteiger partial charge in [0.2, 0.25) is 0 Å². The van der Waals surface area contributed by atoms with Gasteiger partial charge in [0.05, 0.1) is 0 Å². The van der Waals surface area contributed by atoms with E-state index in [0.29, 0.717) is 6.42 Å². The molecule has 86 valence electrons. The van der Waals surface area contributed by atoms with Gasteiger partial charge in [-0.2, -0.15) is 0 Å². The minimum Gasteiger partial charge on any atom is -0.328 e. The summed E-state index contributed by atoms with van der Waals surface area (Å²) in [5, 5.41) is 0. The fourth-order valence-electron chi connectivity index (χ4n) is 2.25. The number of ketones is 1. The zero-order chi connectivity index (χ0) is 11.5. The zero-order valence-corrected chi connectivity index (χ0v) is 9.83. The Labute approximate surface area is 96.8 Å². The molecule has 0 amide bonds. The molecule has 0 saturated heterocycles. The van der Waals surface area contributed by atoms with Gasteiger partial charge in [-0.25, -0.2) is 0 Å². The molecule has 0 heterocycles. The zero-order valence-electron chi connectivity index (χ0n) is 9.83. The molecule has 1 aromatic carbocycles. The Morgan fingerprint density at radius 1 is 1.38 bits per heavy atom. The van der Waals surface area contributed by atoms with Gasteiger partial charge in [-0.3, -0.25) is 4.79 Å². The van der Waals surface area contributed by atoms with Gasteiger partial charge in [0.15, 0.2) is 5.78 Å². The average molecular weight is 217 g/mol. The molecule has 0 spiro atoms. The topological polar surface area (TPSA) is 43.1 Å². The van der Waals surface area contributed by atoms with Crippen LogP contribution in [0.15, 0.2) is 18.2 Å². The number of hydrogen-bond donors (Lipinski definition) is 1. The van der Waals surface area contributed by atoms with Crippen molar-refractivity contribution in [2.75, 3.05) is 0 Å². The highest BCUT2D eigenvalue weighted by molar-refractivity contribution is 5.96. The van der Waals surface area contributed by atoms with Crippen molar-refractivity contribution in [3.63, 3.8) is 0 Å². The third kappa shape index (κ3) is 2.50. The fraction of sp³-hybridized carbons (Fsp3) is 0.500. The second kappa shape index (κ2) is 4.79. The van der Waals surface area contributed by atoms with Crippen molar-refractivity contribution in [1.82, 2.24) is 0 Å². The molecule has 16 heavy (non-hydrogen) atoms. The van der Waals surface area contributed by atoms with Crippen LogP contribution in [0.4, 0.5) is 0 Å². The van der Waals surface area contributed by atoms with E-state index in [1.165, 1.54) is 24.0 Å². The molecular formula is C14H19NO. The lowest BCUT2D eigenvalue weighted by atomic mass is 10.0. The summed E-state index contributed by atoms with van der Waals surface area (Å²) in [5.41, 5.74) is 9.31. The van der Waals surface area contributed by atoms with E-state index in [1.807, 2.05) is 13.0 Å². The molecule has 2 N–H and O–H groups in total. The van der Waals surface area contributed by atoms with Crippen molar-refractivity contribution < 1.29 is 4.79 Å². The van der Waals surface area contributed by atoms with Crippen LogP contribution >= 0.6 is 0 Å². The molecule has 2 heteroatoms. The quantitative estimate of drug-likeness (QED) is 0.787. The van der Waals surface area contributed by atoms with Crippen LogP contribution in [0.25, 0.3) is 0 Å². The highest BCUT2D eigenvalue weighted by atomic mass is 16.1. The molecule has 1 atom stereocenters. The van der Waals surface area contributed by atoms with Crippen LogP contribution in [-0.2, 0) is 12.8 Å². The molecule has 1 aliphatic rings. The number of rotatable bonds is 4. The largest absolute Gasteiger partial charge is 0.328 e. The molecule has 0 radical (unpaired) electrons. The molecule has 1 aromatic rings. The smallest absolute Gasteiger partial charge is 0.162 e. The lowest BCUT2D eigenvalue weighted by Crippen LogP contribution is -2.16. The molecule has 1 aliphatic carbocycles. The van der Waals surface area contributed by atoms with Gasteiger partial charge in [-0.1, -0.05) is 12.1 Å². The predicted molar refractivity (Wildman–Crippen MR) is 65.7 cm³/mol. The molecule has 2 rings (SSSR count). The monoisotopic (exact) mass is 217 g/mol. The van der Waals surface area contributed by atoms with Crippen molar-refractivity contribution in [2.45, 2.75) is 45.1 Å². The molecule has 0 aliphatic heterocycles. The number of carbonyl (C=O) groups is 1. The van der Waals surface area contributed by atoms with Crippen molar-refractivity contribution in [1.29, 1.82) is 0 Å². The summed E-state index contributed by atoms with van der Waals surface area (Å²) in [6.07, 6.45) is 4.87. The van der Waals surface area contributed by atoms with Crippen LogP contribution in [0, 0.1) is 0 Å². The number of carbonyl (C=O) groups excluding carboxylic acids is 1. The first kappa shape index (κ1) is 11.3. The van der Waals surface area contributed by atoms with Crippen molar-refractivity contribution in [2.24, 2.45) is 5.73 Å². The van der Waals surface area contributed by atoms with Gasteiger partial charge in [-0.05, 0) is 49.8 Å². The summed E-state index contributed by atoms with van der Waals surface area (Å²) in [6.45, 7) is 1.94. The van der Waals surface area contributed by atoms with Crippen LogP contribution in [0.2, 0.25) is 0 Å². The van der Waals surface area contributed by atoms with Crippen molar-refractivity contribution >= 4 is 5.78 Å². The number of hydrogen-bond acceptors (Lipinski definition) is 2. The summed E-state index contributed by atoms with van der Waals surface area (Å²) in [5.74, 6) is 0.229. The highest BCUT2D eigenvalue weighted by Gasteiger charge is 2.13. The maximum absolute atomic E-state index is 11.9. The van der Waals surface area contributed by atoms with E-state index in [0.717, 1.165) is 18.4 Å². The van der Waals surface area contributed by atoms with E-state index in [9.17, 15) is 4.79 Å².